The first-order valence-electron chi connectivity index (χ1n) is 6.33. The molecule has 0 bridgehead atoms. The van der Waals surface area contributed by atoms with E-state index in [0.29, 0.717) is 0 Å². The molecule has 1 unspecified atom stereocenters. The fourth-order valence-electron chi connectivity index (χ4n) is 1.54. The number of nitrogens with one attached hydrogen (secondary N) is 1. The molecule has 2 aromatic rings. The van der Waals surface area contributed by atoms with E-state index in [4.69, 9.17) is 5.73 Å². The Morgan fingerprint density at radius 3 is 2.70 bits per heavy atom. The highest BCUT2D eigenvalue weighted by Gasteiger charge is 2.07. The van der Waals surface area contributed by atoms with Crippen LogP contribution in [0.15, 0.2) is 53.7 Å². The Bertz CT molecular complexity index is 555. The number of hydrogen-bond acceptors (Lipinski definition) is 4. The number of hydrogen-bond donors (Lipinski definition) is 2. The molecule has 0 aliphatic rings. The molecule has 5 heteroatoms. The van der Waals surface area contributed by atoms with Crippen LogP contribution >= 0.6 is 11.8 Å². The molecule has 0 saturated carbocycles. The summed E-state index contributed by atoms with van der Waals surface area (Å²) in [7, 11) is 0. The van der Waals surface area contributed by atoms with Gasteiger partial charge in [-0.1, -0.05) is 6.07 Å². The third-order valence-corrected chi connectivity index (χ3v) is 3.75. The maximum absolute atomic E-state index is 11.5. The molecule has 0 fully saturated rings. The predicted molar refractivity (Wildman–Crippen MR) is 82.5 cm³/mol. The van der Waals surface area contributed by atoms with Crippen molar-refractivity contribution in [3.8, 4) is 0 Å². The van der Waals surface area contributed by atoms with E-state index in [1.165, 1.54) is 5.56 Å². The number of thioether (sulfide) groups is 1. The summed E-state index contributed by atoms with van der Waals surface area (Å²) in [5, 5.41) is 2.76. The second-order valence-corrected chi connectivity index (χ2v) is 5.50. The van der Waals surface area contributed by atoms with Gasteiger partial charge in [-0.25, -0.2) is 0 Å². The first kappa shape index (κ1) is 14.6. The summed E-state index contributed by atoms with van der Waals surface area (Å²) in [5.41, 5.74) is 7.45. The third-order valence-electron chi connectivity index (χ3n) is 2.66. The van der Waals surface area contributed by atoms with Crippen molar-refractivity contribution in [1.82, 2.24) is 4.98 Å². The van der Waals surface area contributed by atoms with Crippen LogP contribution in [0.1, 0.15) is 12.5 Å². The highest BCUT2D eigenvalue weighted by atomic mass is 32.2. The van der Waals surface area contributed by atoms with Gasteiger partial charge in [0.2, 0.25) is 5.91 Å². The van der Waals surface area contributed by atoms with Crippen LogP contribution in [0.4, 0.5) is 5.69 Å². The van der Waals surface area contributed by atoms with E-state index in [1.54, 1.807) is 24.9 Å². The lowest BCUT2D eigenvalue weighted by Crippen LogP contribution is -2.32. The summed E-state index contributed by atoms with van der Waals surface area (Å²) in [5.74, 6) is 0.695. The summed E-state index contributed by atoms with van der Waals surface area (Å²) in [6.07, 6.45) is 3.63. The molecule has 0 radical (unpaired) electrons. The van der Waals surface area contributed by atoms with Gasteiger partial charge in [0.25, 0.3) is 0 Å². The molecule has 3 N–H and O–H groups in total. The summed E-state index contributed by atoms with van der Waals surface area (Å²) in [4.78, 5) is 16.7. The third kappa shape index (κ3) is 4.36. The lowest BCUT2D eigenvalue weighted by Gasteiger charge is -2.08. The summed E-state index contributed by atoms with van der Waals surface area (Å²) >= 11 is 1.73. The molecule has 104 valence electrons. The number of aromatic nitrogens is 1. The molecule has 4 nitrogen and oxygen atoms in total. The van der Waals surface area contributed by atoms with E-state index in [-0.39, 0.29) is 5.91 Å². The smallest absolute Gasteiger partial charge is 0.240 e. The van der Waals surface area contributed by atoms with Gasteiger partial charge in [0.05, 0.1) is 6.04 Å². The Hall–Kier alpha value is -1.85. The zero-order valence-electron chi connectivity index (χ0n) is 11.2. The van der Waals surface area contributed by atoms with Gasteiger partial charge in [0, 0.05) is 28.7 Å². The molecule has 20 heavy (non-hydrogen) atoms. The second-order valence-electron chi connectivity index (χ2n) is 4.45. The predicted octanol–water partition coefficient (Wildman–Crippen LogP) is 2.66. The lowest BCUT2D eigenvalue weighted by molar-refractivity contribution is -0.117. The van der Waals surface area contributed by atoms with E-state index in [0.717, 1.165) is 16.3 Å². The molecular formula is C15H17N3OS. The van der Waals surface area contributed by atoms with E-state index < -0.39 is 6.04 Å². The van der Waals surface area contributed by atoms with Crippen LogP contribution in [0, 0.1) is 0 Å². The molecular weight excluding hydrogens is 270 g/mol. The monoisotopic (exact) mass is 287 g/mol. The molecule has 1 aromatic heterocycles. The number of amides is 1. The summed E-state index contributed by atoms with van der Waals surface area (Å²) < 4.78 is 0. The van der Waals surface area contributed by atoms with Crippen molar-refractivity contribution in [2.75, 3.05) is 5.32 Å². The zero-order chi connectivity index (χ0) is 14.4. The maximum atomic E-state index is 11.5. The Labute approximate surface area is 122 Å². The molecule has 0 aliphatic heterocycles. The van der Waals surface area contributed by atoms with Gasteiger partial charge in [0.1, 0.15) is 0 Å². The molecule has 0 spiro atoms. The van der Waals surface area contributed by atoms with Gasteiger partial charge in [-0.15, -0.1) is 11.8 Å². The Balaban J connectivity index is 1.90. The first-order valence-corrected chi connectivity index (χ1v) is 7.32. The minimum Gasteiger partial charge on any atom is -0.325 e. The van der Waals surface area contributed by atoms with Crippen LogP contribution in [0.2, 0.25) is 0 Å². The number of carbonyl (C=O) groups is 1. The largest absolute Gasteiger partial charge is 0.325 e. The van der Waals surface area contributed by atoms with Crippen LogP contribution < -0.4 is 11.1 Å². The summed E-state index contributed by atoms with van der Waals surface area (Å²) in [6, 6.07) is 11.2. The van der Waals surface area contributed by atoms with Crippen molar-refractivity contribution in [2.24, 2.45) is 5.73 Å². The minimum absolute atomic E-state index is 0.180. The van der Waals surface area contributed by atoms with Crippen molar-refractivity contribution in [1.29, 1.82) is 0 Å². The van der Waals surface area contributed by atoms with Crippen LogP contribution in [-0.4, -0.2) is 16.9 Å². The molecule has 2 rings (SSSR count). The average molecular weight is 287 g/mol. The van der Waals surface area contributed by atoms with Gasteiger partial charge < -0.3 is 11.1 Å². The number of nitrogens with zero attached hydrogens (tertiary/aromatic N) is 1. The highest BCUT2D eigenvalue weighted by molar-refractivity contribution is 7.98. The Kier molecular flexibility index (Phi) is 5.15. The fraction of sp³-hybridized carbons (Fsp3) is 0.200. The Morgan fingerprint density at radius 1 is 1.35 bits per heavy atom. The van der Waals surface area contributed by atoms with E-state index in [2.05, 4.69) is 16.4 Å². The van der Waals surface area contributed by atoms with Crippen molar-refractivity contribution in [2.45, 2.75) is 23.6 Å². The normalized spacial score (nSPS) is 11.9. The molecule has 0 aliphatic carbocycles. The number of rotatable bonds is 5. The fourth-order valence-corrected chi connectivity index (χ4v) is 2.37. The van der Waals surface area contributed by atoms with Crippen molar-refractivity contribution < 1.29 is 4.79 Å². The van der Waals surface area contributed by atoms with Crippen molar-refractivity contribution >= 4 is 23.4 Å². The average Bonchev–Trinajstić information content (AvgIpc) is 2.47. The van der Waals surface area contributed by atoms with Crippen molar-refractivity contribution in [3.05, 3.63) is 54.4 Å². The Morgan fingerprint density at radius 2 is 2.10 bits per heavy atom. The van der Waals surface area contributed by atoms with Crippen LogP contribution in [0.25, 0.3) is 0 Å². The minimum atomic E-state index is -0.505. The number of pyridine rings is 1. The van der Waals surface area contributed by atoms with E-state index in [9.17, 15) is 4.79 Å². The molecule has 1 aromatic carbocycles. The standard InChI is InChI=1S/C15H17N3OS/c1-11(16)15(19)18-13-4-6-14(7-5-13)20-10-12-3-2-8-17-9-12/h2-9,11H,10,16H2,1H3,(H,18,19). The quantitative estimate of drug-likeness (QED) is 0.830. The SMILES string of the molecule is CC(N)C(=O)Nc1ccc(SCc2cccnc2)cc1. The molecule has 1 atom stereocenters. The van der Waals surface area contributed by atoms with E-state index >= 15 is 0 Å². The maximum Gasteiger partial charge on any atom is 0.240 e. The van der Waals surface area contributed by atoms with Crippen LogP contribution in [-0.2, 0) is 10.5 Å². The number of anilines is 1. The number of nitrogens with two attached hydrogens (primary N) is 1. The zero-order valence-corrected chi connectivity index (χ0v) is 12.1. The van der Waals surface area contributed by atoms with Gasteiger partial charge in [-0.2, -0.15) is 0 Å². The first-order chi connectivity index (χ1) is 9.65. The van der Waals surface area contributed by atoms with E-state index in [1.807, 2.05) is 36.5 Å². The highest BCUT2D eigenvalue weighted by Crippen LogP contribution is 2.23. The molecule has 0 saturated heterocycles. The number of carbonyl (C=O) groups excluding carboxylic acids is 1. The second kappa shape index (κ2) is 7.07. The van der Waals surface area contributed by atoms with Crippen molar-refractivity contribution in [3.63, 3.8) is 0 Å². The molecule has 1 heterocycles. The summed E-state index contributed by atoms with van der Waals surface area (Å²) in [6.45, 7) is 1.66. The van der Waals surface area contributed by atoms with Gasteiger partial charge in [-0.05, 0) is 42.8 Å². The topological polar surface area (TPSA) is 68.0 Å². The van der Waals surface area contributed by atoms with Crippen LogP contribution in [0.3, 0.4) is 0 Å². The molecule has 1 amide bonds. The van der Waals surface area contributed by atoms with Gasteiger partial charge in [0.15, 0.2) is 0 Å². The van der Waals surface area contributed by atoms with Crippen LogP contribution in [0.5, 0.6) is 0 Å². The van der Waals surface area contributed by atoms with Gasteiger partial charge >= 0.3 is 0 Å². The number of benzene rings is 1. The lowest BCUT2D eigenvalue weighted by atomic mass is 10.3. The van der Waals surface area contributed by atoms with Gasteiger partial charge in [-0.3, -0.25) is 9.78 Å².